The molecular weight excluding hydrogens is 417 g/mol. The van der Waals surface area contributed by atoms with E-state index in [2.05, 4.69) is 20.8 Å². The molecule has 0 aromatic heterocycles. The van der Waals surface area contributed by atoms with Crippen molar-refractivity contribution in [3.8, 4) is 0 Å². The minimum absolute atomic E-state index is 0.00945. The first kappa shape index (κ1) is 21.6. The van der Waals surface area contributed by atoms with Crippen LogP contribution in [0.3, 0.4) is 0 Å². The average molecular weight is 434 g/mol. The highest BCUT2D eigenvalue weighted by atomic mass is 32.2. The summed E-state index contributed by atoms with van der Waals surface area (Å²) in [5, 5.41) is 12.5. The molecule has 0 saturated carbocycles. The molecule has 2 N–H and O–H groups in total. The quantitative estimate of drug-likeness (QED) is 0.550. The lowest BCUT2D eigenvalue weighted by atomic mass is 10.1. The summed E-state index contributed by atoms with van der Waals surface area (Å²) < 4.78 is 38.3. The molecule has 30 heavy (non-hydrogen) atoms. The highest BCUT2D eigenvalue weighted by Crippen LogP contribution is 2.31. The molecule has 1 aliphatic rings. The molecule has 0 radical (unpaired) electrons. The zero-order chi connectivity index (χ0) is 21.7. The van der Waals surface area contributed by atoms with E-state index in [9.17, 15) is 22.8 Å². The Labute approximate surface area is 174 Å². The van der Waals surface area contributed by atoms with Crippen molar-refractivity contribution in [3.63, 3.8) is 0 Å². The van der Waals surface area contributed by atoms with Gasteiger partial charge in [0.25, 0.3) is 0 Å². The normalized spacial score (nSPS) is 18.4. The predicted octanol–water partition coefficient (Wildman–Crippen LogP) is 4.05. The second-order valence-electron chi connectivity index (χ2n) is 6.38. The summed E-state index contributed by atoms with van der Waals surface area (Å²) in [6.07, 6.45) is -4.72. The van der Waals surface area contributed by atoms with Crippen LogP contribution in [0.5, 0.6) is 0 Å². The van der Waals surface area contributed by atoms with Crippen LogP contribution in [0.15, 0.2) is 64.8 Å². The van der Waals surface area contributed by atoms with E-state index < -0.39 is 28.8 Å². The van der Waals surface area contributed by atoms with Gasteiger partial charge in [-0.2, -0.15) is 18.3 Å². The first-order valence-electron chi connectivity index (χ1n) is 8.84. The maximum Gasteiger partial charge on any atom is 0.416 e. The van der Waals surface area contributed by atoms with E-state index in [1.54, 1.807) is 6.92 Å². The molecule has 1 atom stereocenters. The standard InChI is InChI=1S/C20H17F3N4O2S/c1-12(13-6-3-2-4-7-13)26-27-19-25-18(29)16(30-19)11-17(28)24-15-9-5-8-14(10-15)20(21,22)23/h2-10,16H,11H2,1H3,(H,24,28)(H,25,27,29)/b26-12-/t16-/m1/s1. The highest BCUT2D eigenvalue weighted by Gasteiger charge is 2.33. The van der Waals surface area contributed by atoms with Gasteiger partial charge in [0.1, 0.15) is 5.25 Å². The molecule has 0 unspecified atom stereocenters. The van der Waals surface area contributed by atoms with Crippen LogP contribution in [-0.2, 0) is 15.8 Å². The summed E-state index contributed by atoms with van der Waals surface area (Å²) in [6, 6.07) is 13.7. The second kappa shape index (κ2) is 9.12. The zero-order valence-corrected chi connectivity index (χ0v) is 16.6. The molecule has 156 valence electrons. The molecule has 2 aromatic rings. The number of thioether (sulfide) groups is 1. The Morgan fingerprint density at radius 2 is 1.90 bits per heavy atom. The van der Waals surface area contributed by atoms with Crippen LogP contribution in [0.2, 0.25) is 0 Å². The Kier molecular flexibility index (Phi) is 6.56. The van der Waals surface area contributed by atoms with Gasteiger partial charge in [-0.1, -0.05) is 48.2 Å². The van der Waals surface area contributed by atoms with Crippen molar-refractivity contribution in [2.75, 3.05) is 5.32 Å². The molecule has 0 spiro atoms. The number of alkyl halides is 3. The number of amidine groups is 1. The maximum atomic E-state index is 12.8. The summed E-state index contributed by atoms with van der Waals surface area (Å²) in [4.78, 5) is 24.3. The van der Waals surface area contributed by atoms with Crippen LogP contribution in [0.4, 0.5) is 18.9 Å². The van der Waals surface area contributed by atoms with E-state index in [-0.39, 0.29) is 17.3 Å². The molecule has 6 nitrogen and oxygen atoms in total. The van der Waals surface area contributed by atoms with Gasteiger partial charge in [0.05, 0.1) is 11.3 Å². The van der Waals surface area contributed by atoms with Crippen LogP contribution >= 0.6 is 11.8 Å². The highest BCUT2D eigenvalue weighted by molar-refractivity contribution is 8.15. The monoisotopic (exact) mass is 434 g/mol. The molecule has 0 bridgehead atoms. The zero-order valence-electron chi connectivity index (χ0n) is 15.7. The molecular formula is C20H17F3N4O2S. The number of carbonyl (C=O) groups excluding carboxylic acids is 2. The van der Waals surface area contributed by atoms with Crippen LogP contribution in [0.1, 0.15) is 24.5 Å². The fraction of sp³-hybridized carbons (Fsp3) is 0.200. The molecule has 2 aromatic carbocycles. The number of nitrogens with one attached hydrogen (secondary N) is 2. The van der Waals surface area contributed by atoms with Gasteiger partial charge in [0.15, 0.2) is 5.17 Å². The van der Waals surface area contributed by atoms with Gasteiger partial charge < -0.3 is 10.6 Å². The van der Waals surface area contributed by atoms with Crippen molar-refractivity contribution < 1.29 is 22.8 Å². The number of benzene rings is 2. The molecule has 0 aliphatic carbocycles. The van der Waals surface area contributed by atoms with Crippen molar-refractivity contribution in [1.29, 1.82) is 0 Å². The Bertz CT molecular complexity index is 1010. The maximum absolute atomic E-state index is 12.8. The number of rotatable bonds is 5. The smallest absolute Gasteiger partial charge is 0.326 e. The van der Waals surface area contributed by atoms with Crippen molar-refractivity contribution in [2.45, 2.75) is 24.8 Å². The van der Waals surface area contributed by atoms with Crippen LogP contribution < -0.4 is 10.6 Å². The van der Waals surface area contributed by atoms with Gasteiger partial charge in [-0.15, -0.1) is 5.10 Å². The number of halogens is 3. The lowest BCUT2D eigenvalue weighted by Crippen LogP contribution is -2.28. The van der Waals surface area contributed by atoms with Crippen LogP contribution in [-0.4, -0.2) is 27.9 Å². The number of amides is 2. The van der Waals surface area contributed by atoms with Gasteiger partial charge in [0, 0.05) is 12.1 Å². The molecule has 1 heterocycles. The third-order valence-electron chi connectivity index (χ3n) is 4.10. The number of carbonyl (C=O) groups is 2. The van der Waals surface area contributed by atoms with Crippen LogP contribution in [0.25, 0.3) is 0 Å². The van der Waals surface area contributed by atoms with Crippen molar-refractivity contribution >= 4 is 40.1 Å². The van der Waals surface area contributed by atoms with Crippen molar-refractivity contribution in [2.24, 2.45) is 10.2 Å². The molecule has 3 rings (SSSR count). The Hall–Kier alpha value is -3.14. The number of anilines is 1. The van der Waals surface area contributed by atoms with Crippen LogP contribution in [0, 0.1) is 0 Å². The van der Waals surface area contributed by atoms with Gasteiger partial charge >= 0.3 is 6.18 Å². The second-order valence-corrected chi connectivity index (χ2v) is 7.57. The molecule has 10 heteroatoms. The summed E-state index contributed by atoms with van der Waals surface area (Å²) in [7, 11) is 0. The summed E-state index contributed by atoms with van der Waals surface area (Å²) in [5.74, 6) is -0.988. The average Bonchev–Trinajstić information content (AvgIpc) is 3.05. The molecule has 1 aliphatic heterocycles. The summed E-state index contributed by atoms with van der Waals surface area (Å²) in [5.41, 5.74) is 0.682. The van der Waals surface area contributed by atoms with E-state index in [1.807, 2.05) is 30.3 Å². The first-order chi connectivity index (χ1) is 14.2. The molecule has 2 amide bonds. The van der Waals surface area contributed by atoms with Gasteiger partial charge in [-0.25, -0.2) is 0 Å². The number of hydrogen-bond donors (Lipinski definition) is 2. The minimum Gasteiger partial charge on any atom is -0.326 e. The van der Waals surface area contributed by atoms with Gasteiger partial charge in [-0.05, 0) is 30.7 Å². The summed E-state index contributed by atoms with van der Waals surface area (Å²) >= 11 is 1.04. The third kappa shape index (κ3) is 5.69. The predicted molar refractivity (Wildman–Crippen MR) is 110 cm³/mol. The third-order valence-corrected chi connectivity index (χ3v) is 5.18. The summed E-state index contributed by atoms with van der Waals surface area (Å²) in [6.45, 7) is 1.78. The van der Waals surface area contributed by atoms with E-state index in [0.717, 1.165) is 29.5 Å². The van der Waals surface area contributed by atoms with Gasteiger partial charge in [-0.3, -0.25) is 9.59 Å². The van der Waals surface area contributed by atoms with E-state index in [4.69, 9.17) is 0 Å². The van der Waals surface area contributed by atoms with E-state index >= 15 is 0 Å². The molecule has 1 fully saturated rings. The molecule has 1 saturated heterocycles. The number of nitrogens with zero attached hydrogens (tertiary/aromatic N) is 2. The lowest BCUT2D eigenvalue weighted by Gasteiger charge is -2.10. The van der Waals surface area contributed by atoms with E-state index in [0.29, 0.717) is 5.71 Å². The number of hydrogen-bond acceptors (Lipinski definition) is 5. The Balaban J connectivity index is 1.60. The lowest BCUT2D eigenvalue weighted by molar-refractivity contribution is -0.137. The first-order valence-corrected chi connectivity index (χ1v) is 9.72. The van der Waals surface area contributed by atoms with Crippen molar-refractivity contribution in [1.82, 2.24) is 5.32 Å². The Morgan fingerprint density at radius 1 is 1.17 bits per heavy atom. The fourth-order valence-electron chi connectivity index (χ4n) is 2.60. The van der Waals surface area contributed by atoms with Gasteiger partial charge in [0.2, 0.25) is 11.8 Å². The van der Waals surface area contributed by atoms with E-state index in [1.165, 1.54) is 12.1 Å². The fourth-order valence-corrected chi connectivity index (χ4v) is 3.52. The minimum atomic E-state index is -4.51. The largest absolute Gasteiger partial charge is 0.416 e. The topological polar surface area (TPSA) is 82.9 Å². The SMILES string of the molecule is C/C(=N/N=C1/NC(=O)[C@@H](CC(=O)Nc2cccc(C(F)(F)F)c2)S1)c1ccccc1. The Morgan fingerprint density at radius 3 is 2.60 bits per heavy atom. The van der Waals surface area contributed by atoms with Crippen molar-refractivity contribution in [3.05, 3.63) is 65.7 Å².